The molecule has 1 aliphatic heterocycles. The van der Waals surface area contributed by atoms with Gasteiger partial charge in [-0.05, 0) is 30.5 Å². The second-order valence-corrected chi connectivity index (χ2v) is 5.38. The van der Waals surface area contributed by atoms with Crippen LogP contribution in [0.2, 0.25) is 0 Å². The lowest BCUT2D eigenvalue weighted by atomic mass is 10.0. The Hall–Kier alpha value is -1.91. The average Bonchev–Trinajstić information content (AvgIpc) is 2.47. The Bertz CT molecular complexity index is 511. The molecule has 1 heterocycles. The lowest BCUT2D eigenvalue weighted by molar-refractivity contribution is -0.132. The van der Waals surface area contributed by atoms with E-state index < -0.39 is 0 Å². The van der Waals surface area contributed by atoms with Crippen LogP contribution in [0.4, 0.5) is 4.39 Å². The van der Waals surface area contributed by atoms with Crippen LogP contribution in [0.1, 0.15) is 31.7 Å². The zero-order chi connectivity index (χ0) is 15.2. The maximum Gasteiger partial charge on any atom is 0.224 e. The maximum atomic E-state index is 13.1. The molecule has 0 radical (unpaired) electrons. The van der Waals surface area contributed by atoms with Crippen LogP contribution in [0.3, 0.4) is 0 Å². The Morgan fingerprint density at radius 1 is 1.33 bits per heavy atom. The van der Waals surface area contributed by atoms with Crippen LogP contribution in [0.5, 0.6) is 0 Å². The second kappa shape index (κ2) is 7.20. The minimum Gasteiger partial charge on any atom is -0.353 e. The SMILES string of the molecule is CCC(=O)N1CCC(NC(=O)Cc2cccc(F)c2)CC1. The van der Waals surface area contributed by atoms with Gasteiger partial charge in [-0.25, -0.2) is 4.39 Å². The Morgan fingerprint density at radius 3 is 2.67 bits per heavy atom. The van der Waals surface area contributed by atoms with Gasteiger partial charge in [0.05, 0.1) is 6.42 Å². The Morgan fingerprint density at radius 2 is 2.05 bits per heavy atom. The summed E-state index contributed by atoms with van der Waals surface area (Å²) in [5, 5.41) is 2.96. The third-order valence-corrected chi connectivity index (χ3v) is 3.77. The summed E-state index contributed by atoms with van der Waals surface area (Å²) in [5.41, 5.74) is 0.672. The molecular formula is C16H21FN2O2. The van der Waals surface area contributed by atoms with Gasteiger partial charge in [0, 0.05) is 25.6 Å². The molecule has 21 heavy (non-hydrogen) atoms. The fourth-order valence-electron chi connectivity index (χ4n) is 2.61. The number of hydrogen-bond acceptors (Lipinski definition) is 2. The van der Waals surface area contributed by atoms with Crippen molar-refractivity contribution in [1.82, 2.24) is 10.2 Å². The Balaban J connectivity index is 1.78. The molecule has 1 saturated heterocycles. The number of halogens is 1. The van der Waals surface area contributed by atoms with E-state index in [1.54, 1.807) is 12.1 Å². The number of carbonyl (C=O) groups excluding carboxylic acids is 2. The zero-order valence-corrected chi connectivity index (χ0v) is 12.3. The number of amides is 2. The molecule has 2 rings (SSSR count). The maximum absolute atomic E-state index is 13.1. The van der Waals surface area contributed by atoms with Crippen LogP contribution in [0.15, 0.2) is 24.3 Å². The summed E-state index contributed by atoms with van der Waals surface area (Å²) >= 11 is 0. The molecule has 0 aliphatic carbocycles. The molecule has 1 aromatic carbocycles. The largest absolute Gasteiger partial charge is 0.353 e. The van der Waals surface area contributed by atoms with Crippen molar-refractivity contribution in [2.24, 2.45) is 0 Å². The smallest absolute Gasteiger partial charge is 0.224 e. The monoisotopic (exact) mass is 292 g/mol. The van der Waals surface area contributed by atoms with Crippen LogP contribution in [-0.4, -0.2) is 35.8 Å². The summed E-state index contributed by atoms with van der Waals surface area (Å²) in [4.78, 5) is 25.4. The van der Waals surface area contributed by atoms with Crippen molar-refractivity contribution in [2.75, 3.05) is 13.1 Å². The van der Waals surface area contributed by atoms with Gasteiger partial charge in [0.15, 0.2) is 0 Å². The van der Waals surface area contributed by atoms with Crippen LogP contribution in [-0.2, 0) is 16.0 Å². The second-order valence-electron chi connectivity index (χ2n) is 5.38. The summed E-state index contributed by atoms with van der Waals surface area (Å²) < 4.78 is 13.1. The van der Waals surface area contributed by atoms with Crippen molar-refractivity contribution in [3.63, 3.8) is 0 Å². The average molecular weight is 292 g/mol. The van der Waals surface area contributed by atoms with Gasteiger partial charge in [0.1, 0.15) is 5.82 Å². The first-order chi connectivity index (χ1) is 10.1. The summed E-state index contributed by atoms with van der Waals surface area (Å²) in [6, 6.07) is 6.19. The van der Waals surface area contributed by atoms with Crippen LogP contribution in [0, 0.1) is 5.82 Å². The number of nitrogens with one attached hydrogen (secondary N) is 1. The van der Waals surface area contributed by atoms with E-state index in [4.69, 9.17) is 0 Å². The van der Waals surface area contributed by atoms with Gasteiger partial charge in [-0.15, -0.1) is 0 Å². The molecule has 114 valence electrons. The molecule has 1 fully saturated rings. The van der Waals surface area contributed by atoms with Crippen molar-refractivity contribution in [1.29, 1.82) is 0 Å². The molecule has 0 aromatic heterocycles. The predicted octanol–water partition coefficient (Wildman–Crippen LogP) is 1.89. The predicted molar refractivity (Wildman–Crippen MR) is 78.1 cm³/mol. The third-order valence-electron chi connectivity index (χ3n) is 3.77. The highest BCUT2D eigenvalue weighted by Gasteiger charge is 2.22. The fourth-order valence-corrected chi connectivity index (χ4v) is 2.61. The van der Waals surface area contributed by atoms with Crippen LogP contribution >= 0.6 is 0 Å². The molecule has 1 N–H and O–H groups in total. The fraction of sp³-hybridized carbons (Fsp3) is 0.500. The van der Waals surface area contributed by atoms with Crippen molar-refractivity contribution < 1.29 is 14.0 Å². The summed E-state index contributed by atoms with van der Waals surface area (Å²) in [5.74, 6) is -0.257. The van der Waals surface area contributed by atoms with Gasteiger partial charge in [-0.2, -0.15) is 0 Å². The van der Waals surface area contributed by atoms with Gasteiger partial charge in [0.2, 0.25) is 11.8 Å². The molecule has 4 nitrogen and oxygen atoms in total. The molecule has 0 atom stereocenters. The topological polar surface area (TPSA) is 49.4 Å². The zero-order valence-electron chi connectivity index (χ0n) is 12.3. The molecular weight excluding hydrogens is 271 g/mol. The minimum atomic E-state index is -0.327. The molecule has 0 spiro atoms. The van der Waals surface area contributed by atoms with Gasteiger partial charge >= 0.3 is 0 Å². The van der Waals surface area contributed by atoms with E-state index in [9.17, 15) is 14.0 Å². The number of likely N-dealkylation sites (tertiary alicyclic amines) is 1. The number of piperidine rings is 1. The number of nitrogens with zero attached hydrogens (tertiary/aromatic N) is 1. The Kier molecular flexibility index (Phi) is 5.31. The van der Waals surface area contributed by atoms with Crippen molar-refractivity contribution >= 4 is 11.8 Å². The number of carbonyl (C=O) groups is 2. The number of rotatable bonds is 4. The standard InChI is InChI=1S/C16H21FN2O2/c1-2-16(21)19-8-6-14(7-9-19)18-15(20)11-12-4-3-5-13(17)10-12/h3-5,10,14H,2,6-9,11H2,1H3,(H,18,20). The van der Waals surface area contributed by atoms with E-state index in [1.807, 2.05) is 11.8 Å². The van der Waals surface area contributed by atoms with E-state index in [0.29, 0.717) is 25.1 Å². The van der Waals surface area contributed by atoms with Crippen molar-refractivity contribution in [3.05, 3.63) is 35.6 Å². The van der Waals surface area contributed by atoms with Crippen molar-refractivity contribution in [2.45, 2.75) is 38.6 Å². The highest BCUT2D eigenvalue weighted by Crippen LogP contribution is 2.12. The highest BCUT2D eigenvalue weighted by atomic mass is 19.1. The first-order valence-electron chi connectivity index (χ1n) is 7.40. The Labute approximate surface area is 124 Å². The van der Waals surface area contributed by atoms with Crippen LogP contribution < -0.4 is 5.32 Å². The minimum absolute atomic E-state index is 0.0964. The highest BCUT2D eigenvalue weighted by molar-refractivity contribution is 5.79. The van der Waals surface area contributed by atoms with Gasteiger partial charge < -0.3 is 10.2 Å². The summed E-state index contributed by atoms with van der Waals surface area (Å²) in [6.45, 7) is 3.24. The molecule has 1 aromatic rings. The molecule has 2 amide bonds. The van der Waals surface area contributed by atoms with E-state index in [0.717, 1.165) is 12.8 Å². The summed E-state index contributed by atoms with van der Waals surface area (Å²) in [6.07, 6.45) is 2.27. The van der Waals surface area contributed by atoms with E-state index in [-0.39, 0.29) is 30.1 Å². The molecule has 0 unspecified atom stereocenters. The van der Waals surface area contributed by atoms with Gasteiger partial charge in [-0.3, -0.25) is 9.59 Å². The summed E-state index contributed by atoms with van der Waals surface area (Å²) in [7, 11) is 0. The third kappa shape index (κ3) is 4.55. The van der Waals surface area contributed by atoms with Gasteiger partial charge in [0.25, 0.3) is 0 Å². The number of benzene rings is 1. The van der Waals surface area contributed by atoms with E-state index in [2.05, 4.69) is 5.32 Å². The molecule has 0 bridgehead atoms. The van der Waals surface area contributed by atoms with E-state index in [1.165, 1.54) is 12.1 Å². The lowest BCUT2D eigenvalue weighted by Gasteiger charge is -2.32. The lowest BCUT2D eigenvalue weighted by Crippen LogP contribution is -2.46. The van der Waals surface area contributed by atoms with Crippen molar-refractivity contribution in [3.8, 4) is 0 Å². The van der Waals surface area contributed by atoms with Gasteiger partial charge in [-0.1, -0.05) is 19.1 Å². The quantitative estimate of drug-likeness (QED) is 0.921. The first kappa shape index (κ1) is 15.5. The number of hydrogen-bond donors (Lipinski definition) is 1. The normalized spacial score (nSPS) is 15.8. The van der Waals surface area contributed by atoms with E-state index >= 15 is 0 Å². The molecule has 1 aliphatic rings. The molecule has 0 saturated carbocycles. The van der Waals surface area contributed by atoms with Crippen LogP contribution in [0.25, 0.3) is 0 Å². The first-order valence-corrected chi connectivity index (χ1v) is 7.40. The molecule has 5 heteroatoms.